The van der Waals surface area contributed by atoms with Crippen LogP contribution in [-0.2, 0) is 4.79 Å². The SMILES string of the molecule is CC[C@@H](C)c1nc2ccc(Br)cc2c(=O)n1N=Cc1ccc(OCC(=O)Nc2ccccc2F)c(I)c1. The maximum absolute atomic E-state index is 13.7. The van der Waals surface area contributed by atoms with Crippen molar-refractivity contribution in [2.24, 2.45) is 5.10 Å². The topological polar surface area (TPSA) is 85.6 Å². The Morgan fingerprint density at radius 3 is 2.76 bits per heavy atom. The van der Waals surface area contributed by atoms with Crippen molar-refractivity contribution in [3.8, 4) is 5.75 Å². The van der Waals surface area contributed by atoms with Gasteiger partial charge < -0.3 is 10.1 Å². The lowest BCUT2D eigenvalue weighted by molar-refractivity contribution is -0.118. The van der Waals surface area contributed by atoms with E-state index in [1.807, 2.05) is 32.0 Å². The molecule has 1 amide bonds. The summed E-state index contributed by atoms with van der Waals surface area (Å²) in [7, 11) is 0. The van der Waals surface area contributed by atoms with Crippen molar-refractivity contribution in [1.29, 1.82) is 0 Å². The highest BCUT2D eigenvalue weighted by Gasteiger charge is 2.16. The van der Waals surface area contributed by atoms with E-state index in [1.165, 1.54) is 16.8 Å². The van der Waals surface area contributed by atoms with Gasteiger partial charge in [-0.2, -0.15) is 9.78 Å². The highest BCUT2D eigenvalue weighted by Crippen LogP contribution is 2.23. The van der Waals surface area contributed by atoms with Crippen LogP contribution in [0.25, 0.3) is 10.9 Å². The predicted octanol–water partition coefficient (Wildman–Crippen LogP) is 6.32. The quantitative estimate of drug-likeness (QED) is 0.175. The van der Waals surface area contributed by atoms with E-state index in [4.69, 9.17) is 9.72 Å². The molecular formula is C27H23BrFIN4O3. The molecular weight excluding hydrogens is 654 g/mol. The minimum Gasteiger partial charge on any atom is -0.483 e. The number of carbonyl (C=O) groups excluding carboxylic acids is 1. The van der Waals surface area contributed by atoms with Crippen molar-refractivity contribution < 1.29 is 13.9 Å². The van der Waals surface area contributed by atoms with Crippen LogP contribution >= 0.6 is 38.5 Å². The van der Waals surface area contributed by atoms with E-state index in [-0.39, 0.29) is 23.8 Å². The Hall–Kier alpha value is -3.12. The number of amides is 1. The highest BCUT2D eigenvalue weighted by atomic mass is 127. The zero-order chi connectivity index (χ0) is 26.5. The van der Waals surface area contributed by atoms with Crippen LogP contribution in [0.15, 0.2) is 75.0 Å². The molecule has 4 aromatic rings. The molecule has 10 heteroatoms. The molecule has 0 aliphatic rings. The fourth-order valence-corrected chi connectivity index (χ4v) is 4.57. The number of carbonyl (C=O) groups is 1. The van der Waals surface area contributed by atoms with E-state index in [1.54, 1.807) is 36.5 Å². The van der Waals surface area contributed by atoms with Gasteiger partial charge in [0, 0.05) is 10.4 Å². The Kier molecular flexibility index (Phi) is 8.70. The summed E-state index contributed by atoms with van der Waals surface area (Å²) < 4.78 is 22.2. The molecule has 0 bridgehead atoms. The summed E-state index contributed by atoms with van der Waals surface area (Å²) in [6.07, 6.45) is 2.40. The fraction of sp³-hybridized carbons (Fsp3) is 0.185. The minimum atomic E-state index is -0.515. The number of ether oxygens (including phenoxy) is 1. The maximum atomic E-state index is 13.7. The van der Waals surface area contributed by atoms with Gasteiger partial charge in [-0.25, -0.2) is 9.37 Å². The lowest BCUT2D eigenvalue weighted by atomic mass is 10.1. The van der Waals surface area contributed by atoms with E-state index in [0.29, 0.717) is 22.5 Å². The van der Waals surface area contributed by atoms with Gasteiger partial charge in [0.25, 0.3) is 11.5 Å². The predicted molar refractivity (Wildman–Crippen MR) is 155 cm³/mol. The molecule has 1 N–H and O–H groups in total. The Morgan fingerprint density at radius 2 is 2.03 bits per heavy atom. The largest absolute Gasteiger partial charge is 0.483 e. The van der Waals surface area contributed by atoms with Gasteiger partial charge in [-0.15, -0.1) is 0 Å². The summed E-state index contributed by atoms with van der Waals surface area (Å²) >= 11 is 5.51. The Labute approximate surface area is 235 Å². The third-order valence-electron chi connectivity index (χ3n) is 5.67. The fourth-order valence-electron chi connectivity index (χ4n) is 3.51. The van der Waals surface area contributed by atoms with E-state index in [0.717, 1.165) is 20.0 Å². The van der Waals surface area contributed by atoms with E-state index >= 15 is 0 Å². The van der Waals surface area contributed by atoms with E-state index in [9.17, 15) is 14.0 Å². The smallest absolute Gasteiger partial charge is 0.282 e. The number of hydrogen-bond acceptors (Lipinski definition) is 5. The van der Waals surface area contributed by atoms with Crippen LogP contribution in [0.2, 0.25) is 0 Å². The van der Waals surface area contributed by atoms with Crippen molar-refractivity contribution in [3.05, 3.63) is 96.3 Å². The van der Waals surface area contributed by atoms with Gasteiger partial charge in [-0.05, 0) is 83.1 Å². The first kappa shape index (κ1) is 26.9. The zero-order valence-electron chi connectivity index (χ0n) is 20.0. The van der Waals surface area contributed by atoms with Gasteiger partial charge in [0.1, 0.15) is 17.4 Å². The van der Waals surface area contributed by atoms with Crippen molar-refractivity contribution in [2.45, 2.75) is 26.2 Å². The standard InChI is InChI=1S/C27H23BrFIN4O3/c1-3-16(2)26-33-22-10-9-18(28)13-19(22)27(36)34(26)31-14-17-8-11-24(21(30)12-17)37-15-25(35)32-23-7-5-4-6-20(23)29/h4-14,16H,3,15H2,1-2H3,(H,32,35)/t16-/m1/s1. The molecule has 7 nitrogen and oxygen atoms in total. The van der Waals surface area contributed by atoms with Gasteiger partial charge in [-0.1, -0.05) is 41.9 Å². The van der Waals surface area contributed by atoms with Crippen LogP contribution in [0, 0.1) is 9.39 Å². The number of benzene rings is 3. The number of fused-ring (bicyclic) bond motifs is 1. The first-order chi connectivity index (χ1) is 17.8. The second kappa shape index (κ2) is 12.0. The lowest BCUT2D eigenvalue weighted by Gasteiger charge is -2.14. The molecule has 0 saturated carbocycles. The first-order valence-corrected chi connectivity index (χ1v) is 13.4. The zero-order valence-corrected chi connectivity index (χ0v) is 23.8. The minimum absolute atomic E-state index is 0.0318. The van der Waals surface area contributed by atoms with Crippen LogP contribution < -0.4 is 15.6 Å². The van der Waals surface area contributed by atoms with E-state index in [2.05, 4.69) is 48.9 Å². The average molecular weight is 677 g/mol. The molecule has 0 spiro atoms. The van der Waals surface area contributed by atoms with E-state index < -0.39 is 11.7 Å². The average Bonchev–Trinajstić information content (AvgIpc) is 2.88. The number of anilines is 1. The second-order valence-corrected chi connectivity index (χ2v) is 10.4. The third-order valence-corrected chi connectivity index (χ3v) is 7.01. The number of hydrogen-bond donors (Lipinski definition) is 1. The lowest BCUT2D eigenvalue weighted by Crippen LogP contribution is -2.23. The van der Waals surface area contributed by atoms with Gasteiger partial charge in [-0.3, -0.25) is 9.59 Å². The Morgan fingerprint density at radius 1 is 1.24 bits per heavy atom. The summed E-state index contributed by atoms with van der Waals surface area (Å²) in [6, 6.07) is 16.7. The molecule has 4 rings (SSSR count). The normalized spacial score (nSPS) is 12.1. The monoisotopic (exact) mass is 676 g/mol. The summed E-state index contributed by atoms with van der Waals surface area (Å²) in [5.74, 6) is 0.132. The van der Waals surface area contributed by atoms with Crippen LogP contribution in [0.4, 0.5) is 10.1 Å². The molecule has 190 valence electrons. The molecule has 0 aliphatic carbocycles. The number of halogens is 3. The van der Waals surface area contributed by atoms with Crippen molar-refractivity contribution >= 4 is 67.2 Å². The number of nitrogens with zero attached hydrogens (tertiary/aromatic N) is 3. The number of aromatic nitrogens is 2. The molecule has 3 aromatic carbocycles. The van der Waals surface area contributed by atoms with Crippen molar-refractivity contribution in [2.75, 3.05) is 11.9 Å². The number of para-hydroxylation sites is 1. The molecule has 1 heterocycles. The Balaban J connectivity index is 1.53. The van der Waals surface area contributed by atoms with Crippen LogP contribution in [-0.4, -0.2) is 28.4 Å². The molecule has 1 atom stereocenters. The van der Waals surface area contributed by atoms with Gasteiger partial charge in [0.15, 0.2) is 6.61 Å². The molecule has 0 aliphatic heterocycles. The summed E-state index contributed by atoms with van der Waals surface area (Å²) in [5.41, 5.74) is 1.22. The highest BCUT2D eigenvalue weighted by molar-refractivity contribution is 14.1. The molecule has 0 unspecified atom stereocenters. The van der Waals surface area contributed by atoms with Gasteiger partial charge in [0.05, 0.1) is 26.4 Å². The van der Waals surface area contributed by atoms with Crippen molar-refractivity contribution in [1.82, 2.24) is 9.66 Å². The van der Waals surface area contributed by atoms with Gasteiger partial charge >= 0.3 is 0 Å². The molecule has 37 heavy (non-hydrogen) atoms. The second-order valence-electron chi connectivity index (χ2n) is 8.31. The summed E-state index contributed by atoms with van der Waals surface area (Å²) in [5, 5.41) is 7.45. The van der Waals surface area contributed by atoms with Crippen LogP contribution in [0.1, 0.15) is 37.6 Å². The summed E-state index contributed by atoms with van der Waals surface area (Å²) in [4.78, 5) is 30.2. The Bertz CT molecular complexity index is 1560. The molecule has 0 radical (unpaired) electrons. The maximum Gasteiger partial charge on any atom is 0.282 e. The van der Waals surface area contributed by atoms with Crippen molar-refractivity contribution in [3.63, 3.8) is 0 Å². The molecule has 0 fully saturated rings. The van der Waals surface area contributed by atoms with Crippen LogP contribution in [0.5, 0.6) is 5.75 Å². The number of rotatable bonds is 8. The third kappa shape index (κ3) is 6.42. The molecule has 0 saturated heterocycles. The van der Waals surface area contributed by atoms with Gasteiger partial charge in [0.2, 0.25) is 0 Å². The number of nitrogens with one attached hydrogen (secondary N) is 1. The molecule has 1 aromatic heterocycles. The first-order valence-electron chi connectivity index (χ1n) is 11.5. The van der Waals surface area contributed by atoms with Crippen LogP contribution in [0.3, 0.4) is 0 Å². The summed E-state index contributed by atoms with van der Waals surface area (Å²) in [6.45, 7) is 3.77.